The molecule has 1 N–H and O–H groups in total. The average Bonchev–Trinajstić information content (AvgIpc) is 3.31. The summed E-state index contributed by atoms with van der Waals surface area (Å²) in [5, 5.41) is 9.98. The molecule has 0 unspecified atom stereocenters. The van der Waals surface area contributed by atoms with Crippen LogP contribution in [0.2, 0.25) is 0 Å². The van der Waals surface area contributed by atoms with Gasteiger partial charge in [0.15, 0.2) is 0 Å². The Balaban J connectivity index is 1.48. The topological polar surface area (TPSA) is 35.2 Å². The van der Waals surface area contributed by atoms with Gasteiger partial charge >= 0.3 is 0 Å². The van der Waals surface area contributed by atoms with E-state index in [1.54, 1.807) is 11.3 Å². The van der Waals surface area contributed by atoms with Gasteiger partial charge in [-0.3, -0.25) is 5.10 Å². The zero-order valence-electron chi connectivity index (χ0n) is 13.7. The van der Waals surface area contributed by atoms with E-state index in [9.17, 15) is 0 Å². The molecule has 1 aromatic carbocycles. The van der Waals surface area contributed by atoms with Gasteiger partial charge in [-0.05, 0) is 36.2 Å². The summed E-state index contributed by atoms with van der Waals surface area (Å²) >= 11 is 1.77. The summed E-state index contributed by atoms with van der Waals surface area (Å²) in [4.78, 5) is 6.17. The summed E-state index contributed by atoms with van der Waals surface area (Å²) < 4.78 is 0. The standard InChI is InChI=1S/C19H20N4S/c1-22-6-8-23(9-7-22)14-4-5-15-13(11-14)12-16-18(15)20-21-19(16)17-3-2-10-24-17/h2-5,10-11H,6-9,12H2,1H3,(H,20,21). The Morgan fingerprint density at radius 1 is 1.12 bits per heavy atom. The van der Waals surface area contributed by atoms with Gasteiger partial charge in [0.1, 0.15) is 0 Å². The number of likely N-dealkylation sites (N-methyl/N-ethyl adjacent to an activating group) is 1. The van der Waals surface area contributed by atoms with Crippen LogP contribution in [0.5, 0.6) is 0 Å². The number of anilines is 1. The monoisotopic (exact) mass is 336 g/mol. The predicted molar refractivity (Wildman–Crippen MR) is 99.9 cm³/mol. The first-order valence-corrected chi connectivity index (χ1v) is 9.35. The molecule has 0 saturated carbocycles. The Labute approximate surface area is 145 Å². The van der Waals surface area contributed by atoms with Gasteiger partial charge in [0.05, 0.1) is 16.3 Å². The van der Waals surface area contributed by atoms with E-state index in [2.05, 4.69) is 62.8 Å². The van der Waals surface area contributed by atoms with Crippen LogP contribution in [0.3, 0.4) is 0 Å². The molecular weight excluding hydrogens is 316 g/mol. The molecule has 0 bridgehead atoms. The number of fused-ring (bicyclic) bond motifs is 3. The van der Waals surface area contributed by atoms with Gasteiger partial charge in [-0.15, -0.1) is 11.3 Å². The smallest absolute Gasteiger partial charge is 0.0965 e. The van der Waals surface area contributed by atoms with E-state index in [-0.39, 0.29) is 0 Å². The molecule has 1 aliphatic carbocycles. The van der Waals surface area contributed by atoms with Crippen molar-refractivity contribution in [1.82, 2.24) is 15.1 Å². The lowest BCUT2D eigenvalue weighted by Gasteiger charge is -2.34. The lowest BCUT2D eigenvalue weighted by molar-refractivity contribution is 0.313. The van der Waals surface area contributed by atoms with Gasteiger partial charge < -0.3 is 9.80 Å². The molecule has 122 valence electrons. The van der Waals surface area contributed by atoms with Gasteiger partial charge in [-0.1, -0.05) is 12.1 Å². The number of nitrogens with one attached hydrogen (secondary N) is 1. The first-order chi connectivity index (χ1) is 11.8. The second-order valence-electron chi connectivity index (χ2n) is 6.71. The summed E-state index contributed by atoms with van der Waals surface area (Å²) in [6.45, 7) is 4.50. The normalized spacial score (nSPS) is 17.1. The van der Waals surface area contributed by atoms with Gasteiger partial charge in [0.2, 0.25) is 0 Å². The van der Waals surface area contributed by atoms with Crippen LogP contribution in [0.4, 0.5) is 5.69 Å². The Hall–Kier alpha value is -2.11. The van der Waals surface area contributed by atoms with Gasteiger partial charge in [-0.25, -0.2) is 0 Å². The van der Waals surface area contributed by atoms with Crippen molar-refractivity contribution in [3.63, 3.8) is 0 Å². The lowest BCUT2D eigenvalue weighted by Crippen LogP contribution is -2.44. The van der Waals surface area contributed by atoms with Crippen LogP contribution >= 0.6 is 11.3 Å². The molecule has 1 fully saturated rings. The summed E-state index contributed by atoms with van der Waals surface area (Å²) in [6, 6.07) is 11.2. The molecule has 1 saturated heterocycles. The van der Waals surface area contributed by atoms with E-state index in [4.69, 9.17) is 0 Å². The third-order valence-corrected chi connectivity index (χ3v) is 6.10. The highest BCUT2D eigenvalue weighted by atomic mass is 32.1. The second-order valence-corrected chi connectivity index (χ2v) is 7.66. The molecule has 0 atom stereocenters. The summed E-state index contributed by atoms with van der Waals surface area (Å²) in [5.74, 6) is 0. The van der Waals surface area contributed by atoms with Crippen molar-refractivity contribution < 1.29 is 0 Å². The second kappa shape index (κ2) is 5.46. The zero-order valence-corrected chi connectivity index (χ0v) is 14.6. The van der Waals surface area contributed by atoms with E-state index in [0.29, 0.717) is 0 Å². The quantitative estimate of drug-likeness (QED) is 0.609. The fourth-order valence-corrected chi connectivity index (χ4v) is 4.54. The minimum absolute atomic E-state index is 0.982. The summed E-state index contributed by atoms with van der Waals surface area (Å²) in [6.07, 6.45) is 0.982. The highest BCUT2D eigenvalue weighted by Gasteiger charge is 2.26. The van der Waals surface area contributed by atoms with Crippen LogP contribution in [-0.4, -0.2) is 48.3 Å². The van der Waals surface area contributed by atoms with E-state index in [0.717, 1.165) is 38.3 Å². The third-order valence-electron chi connectivity index (χ3n) is 5.21. The molecule has 0 amide bonds. The van der Waals surface area contributed by atoms with Crippen LogP contribution in [0.15, 0.2) is 35.7 Å². The summed E-state index contributed by atoms with van der Waals surface area (Å²) in [7, 11) is 2.20. The molecule has 2 aromatic heterocycles. The lowest BCUT2D eigenvalue weighted by atomic mass is 10.1. The van der Waals surface area contributed by atoms with Crippen molar-refractivity contribution in [3.8, 4) is 21.8 Å². The Kier molecular flexibility index (Phi) is 3.24. The average molecular weight is 336 g/mol. The van der Waals surface area contributed by atoms with Gasteiger partial charge in [0, 0.05) is 49.4 Å². The largest absolute Gasteiger partial charge is 0.369 e. The number of H-pyrrole nitrogens is 1. The molecule has 4 nitrogen and oxygen atoms in total. The molecule has 1 aliphatic heterocycles. The predicted octanol–water partition coefficient (Wildman–Crippen LogP) is 3.46. The molecular formula is C19H20N4S. The van der Waals surface area contributed by atoms with Crippen molar-refractivity contribution >= 4 is 17.0 Å². The Bertz CT molecular complexity index is 873. The van der Waals surface area contributed by atoms with Crippen molar-refractivity contribution in [2.75, 3.05) is 38.1 Å². The van der Waals surface area contributed by atoms with E-state index < -0.39 is 0 Å². The molecule has 5 heteroatoms. The van der Waals surface area contributed by atoms with E-state index in [1.807, 2.05) is 0 Å². The van der Waals surface area contributed by atoms with Crippen molar-refractivity contribution in [3.05, 3.63) is 46.8 Å². The van der Waals surface area contributed by atoms with Crippen LogP contribution < -0.4 is 4.90 Å². The van der Waals surface area contributed by atoms with Crippen molar-refractivity contribution in [2.45, 2.75) is 6.42 Å². The first-order valence-electron chi connectivity index (χ1n) is 8.47. The SMILES string of the molecule is CN1CCN(c2ccc3c(c2)Cc2c-3n[nH]c2-c2cccs2)CC1. The molecule has 0 spiro atoms. The first kappa shape index (κ1) is 14.3. The van der Waals surface area contributed by atoms with Crippen LogP contribution in [0, 0.1) is 0 Å². The zero-order chi connectivity index (χ0) is 16.1. The highest BCUT2D eigenvalue weighted by Crippen LogP contribution is 2.42. The number of nitrogens with zero attached hydrogens (tertiary/aromatic N) is 3. The van der Waals surface area contributed by atoms with Crippen LogP contribution in [0.1, 0.15) is 11.1 Å². The number of benzene rings is 1. The number of hydrogen-bond acceptors (Lipinski definition) is 4. The molecule has 5 rings (SSSR count). The fraction of sp³-hybridized carbons (Fsp3) is 0.316. The number of rotatable bonds is 2. The van der Waals surface area contributed by atoms with Crippen LogP contribution in [0.25, 0.3) is 21.8 Å². The van der Waals surface area contributed by atoms with E-state index in [1.165, 1.54) is 32.9 Å². The fourth-order valence-electron chi connectivity index (χ4n) is 3.79. The van der Waals surface area contributed by atoms with E-state index >= 15 is 0 Å². The maximum absolute atomic E-state index is 4.61. The number of hydrogen-bond donors (Lipinski definition) is 1. The maximum atomic E-state index is 4.61. The van der Waals surface area contributed by atoms with Crippen molar-refractivity contribution in [2.24, 2.45) is 0 Å². The number of aromatic amines is 1. The maximum Gasteiger partial charge on any atom is 0.0965 e. The Morgan fingerprint density at radius 2 is 2.00 bits per heavy atom. The number of thiophene rings is 1. The highest BCUT2D eigenvalue weighted by molar-refractivity contribution is 7.13. The summed E-state index contributed by atoms with van der Waals surface area (Å²) in [5.41, 5.74) is 7.74. The van der Waals surface area contributed by atoms with Crippen molar-refractivity contribution in [1.29, 1.82) is 0 Å². The number of piperazine rings is 1. The number of aromatic nitrogens is 2. The third kappa shape index (κ3) is 2.19. The minimum atomic E-state index is 0.982. The minimum Gasteiger partial charge on any atom is -0.369 e. The molecule has 0 radical (unpaired) electrons. The molecule has 3 aromatic rings. The Morgan fingerprint density at radius 3 is 2.79 bits per heavy atom. The van der Waals surface area contributed by atoms with Crippen LogP contribution in [-0.2, 0) is 6.42 Å². The molecule has 2 aliphatic rings. The molecule has 3 heterocycles. The van der Waals surface area contributed by atoms with Gasteiger partial charge in [-0.2, -0.15) is 5.10 Å². The van der Waals surface area contributed by atoms with Gasteiger partial charge in [0.25, 0.3) is 0 Å². The molecule has 24 heavy (non-hydrogen) atoms.